The molecule has 0 radical (unpaired) electrons. The van der Waals surface area contributed by atoms with Crippen LogP contribution in [0.1, 0.15) is 48.9 Å². The quantitative estimate of drug-likeness (QED) is 0.791. The molecule has 5 nitrogen and oxygen atoms in total. The first kappa shape index (κ1) is 20.7. The topological polar surface area (TPSA) is 87.0 Å². The minimum atomic E-state index is -3.81. The average Bonchev–Trinajstić information content (AvgIpc) is 2.61. The molecular weight excluding hydrogens is 360 g/mol. The van der Waals surface area contributed by atoms with Crippen LogP contribution in [0, 0.1) is 17.2 Å². The third-order valence-corrected chi connectivity index (χ3v) is 5.44. The molecule has 0 aliphatic carbocycles. The van der Waals surface area contributed by atoms with Crippen molar-refractivity contribution in [3.63, 3.8) is 0 Å². The Kier molecular flexibility index (Phi) is 6.75. The zero-order chi connectivity index (χ0) is 20.0. The van der Waals surface area contributed by atoms with E-state index < -0.39 is 21.8 Å². The molecule has 1 amide bonds. The highest BCUT2D eigenvalue weighted by Gasteiger charge is 2.21. The lowest BCUT2D eigenvalue weighted by molar-refractivity contribution is -0.120. The van der Waals surface area contributed by atoms with E-state index in [-0.39, 0.29) is 5.75 Å². The Morgan fingerprint density at radius 1 is 1.00 bits per heavy atom. The predicted octanol–water partition coefficient (Wildman–Crippen LogP) is 3.51. The van der Waals surface area contributed by atoms with Crippen molar-refractivity contribution < 1.29 is 13.2 Å². The first-order valence-electron chi connectivity index (χ1n) is 8.82. The Balaban J connectivity index is 2.02. The van der Waals surface area contributed by atoms with E-state index in [0.29, 0.717) is 17.0 Å². The van der Waals surface area contributed by atoms with Crippen molar-refractivity contribution in [1.29, 1.82) is 5.26 Å². The average molecular weight is 385 g/mol. The van der Waals surface area contributed by atoms with Crippen molar-refractivity contribution >= 4 is 15.9 Å². The number of carbonyl (C=O) groups is 1. The van der Waals surface area contributed by atoms with Crippen LogP contribution in [0.3, 0.4) is 0 Å². The molecule has 1 N–H and O–H groups in total. The van der Waals surface area contributed by atoms with Gasteiger partial charge in [-0.2, -0.15) is 5.26 Å². The van der Waals surface area contributed by atoms with Gasteiger partial charge in [0.2, 0.25) is 15.9 Å². The Bertz CT molecular complexity index is 925. The van der Waals surface area contributed by atoms with Crippen molar-refractivity contribution in [3.8, 4) is 6.07 Å². The largest absolute Gasteiger partial charge is 0.273 e. The highest BCUT2D eigenvalue weighted by Crippen LogP contribution is 2.18. The van der Waals surface area contributed by atoms with E-state index in [0.717, 1.165) is 12.0 Å². The summed E-state index contributed by atoms with van der Waals surface area (Å²) in [4.78, 5) is 12.4. The van der Waals surface area contributed by atoms with Crippen molar-refractivity contribution in [2.45, 2.75) is 38.9 Å². The standard InChI is InChI=1S/C21H24N2O3S/c1-15(2)12-17-8-10-20(11-9-17)16(3)21(24)23-27(25,26)14-19-6-4-18(13-22)5-7-19/h4-11,15-16H,12,14H2,1-3H3,(H,23,24)/t16-/m1/s1. The zero-order valence-electron chi connectivity index (χ0n) is 15.8. The number of hydrogen-bond acceptors (Lipinski definition) is 4. The van der Waals surface area contributed by atoms with Crippen LogP contribution >= 0.6 is 0 Å². The van der Waals surface area contributed by atoms with Gasteiger partial charge in [0.15, 0.2) is 0 Å². The maximum absolute atomic E-state index is 12.4. The summed E-state index contributed by atoms with van der Waals surface area (Å²) in [7, 11) is -3.81. The third kappa shape index (κ3) is 6.22. The van der Waals surface area contributed by atoms with Crippen molar-refractivity contribution in [3.05, 3.63) is 70.8 Å². The monoisotopic (exact) mass is 384 g/mol. The zero-order valence-corrected chi connectivity index (χ0v) is 16.6. The fraction of sp³-hybridized carbons (Fsp3) is 0.333. The number of hydrogen-bond donors (Lipinski definition) is 1. The maximum Gasteiger partial charge on any atom is 0.240 e. The van der Waals surface area contributed by atoms with Gasteiger partial charge >= 0.3 is 0 Å². The van der Waals surface area contributed by atoms with Gasteiger partial charge in [-0.3, -0.25) is 9.52 Å². The molecule has 0 fully saturated rings. The van der Waals surface area contributed by atoms with Gasteiger partial charge in [0.05, 0.1) is 23.3 Å². The van der Waals surface area contributed by atoms with Gasteiger partial charge in [-0.05, 0) is 48.1 Å². The van der Waals surface area contributed by atoms with Crippen LogP contribution in [-0.2, 0) is 27.0 Å². The van der Waals surface area contributed by atoms with E-state index in [2.05, 4.69) is 18.6 Å². The molecule has 0 saturated carbocycles. The van der Waals surface area contributed by atoms with E-state index >= 15 is 0 Å². The van der Waals surface area contributed by atoms with Gasteiger partial charge in [0, 0.05) is 0 Å². The summed E-state index contributed by atoms with van der Waals surface area (Å²) in [5.41, 5.74) is 2.93. The summed E-state index contributed by atoms with van der Waals surface area (Å²) in [6, 6.07) is 15.9. The van der Waals surface area contributed by atoms with E-state index in [1.807, 2.05) is 30.3 Å². The minimum absolute atomic E-state index is 0.315. The maximum atomic E-state index is 12.4. The smallest absolute Gasteiger partial charge is 0.240 e. The molecule has 0 spiro atoms. The highest BCUT2D eigenvalue weighted by atomic mass is 32.2. The molecule has 0 heterocycles. The Morgan fingerprint density at radius 3 is 2.07 bits per heavy atom. The first-order valence-corrected chi connectivity index (χ1v) is 10.5. The number of benzene rings is 2. The molecule has 0 aliphatic heterocycles. The number of nitriles is 1. The summed E-state index contributed by atoms with van der Waals surface area (Å²) >= 11 is 0. The van der Waals surface area contributed by atoms with Crippen LogP contribution in [0.15, 0.2) is 48.5 Å². The summed E-state index contributed by atoms with van der Waals surface area (Å²) < 4.78 is 26.7. The van der Waals surface area contributed by atoms with E-state index in [9.17, 15) is 13.2 Å². The number of carbonyl (C=O) groups excluding carboxylic acids is 1. The van der Waals surface area contributed by atoms with Gasteiger partial charge in [0.25, 0.3) is 0 Å². The normalized spacial score (nSPS) is 12.4. The Hall–Kier alpha value is -2.65. The molecule has 0 unspecified atom stereocenters. The summed E-state index contributed by atoms with van der Waals surface area (Å²) in [6.45, 7) is 5.97. The molecule has 6 heteroatoms. The van der Waals surface area contributed by atoms with Gasteiger partial charge in [0.1, 0.15) is 0 Å². The van der Waals surface area contributed by atoms with Gasteiger partial charge in [-0.1, -0.05) is 50.2 Å². The van der Waals surface area contributed by atoms with E-state index in [1.165, 1.54) is 5.56 Å². The number of amides is 1. The molecule has 1 atom stereocenters. The first-order chi connectivity index (χ1) is 12.7. The molecule has 0 bridgehead atoms. The summed E-state index contributed by atoms with van der Waals surface area (Å²) in [6.07, 6.45) is 0.958. The predicted molar refractivity (Wildman–Crippen MR) is 105 cm³/mol. The van der Waals surface area contributed by atoms with E-state index in [4.69, 9.17) is 5.26 Å². The summed E-state index contributed by atoms with van der Waals surface area (Å²) in [5, 5.41) is 8.78. The second-order valence-electron chi connectivity index (χ2n) is 7.10. The molecule has 0 aliphatic rings. The van der Waals surface area contributed by atoms with Crippen LogP contribution in [0.5, 0.6) is 0 Å². The molecule has 2 aromatic carbocycles. The number of nitrogens with one attached hydrogen (secondary N) is 1. The van der Waals surface area contributed by atoms with Crippen LogP contribution in [-0.4, -0.2) is 14.3 Å². The van der Waals surface area contributed by atoms with Crippen LogP contribution in [0.2, 0.25) is 0 Å². The van der Waals surface area contributed by atoms with Gasteiger partial charge in [-0.15, -0.1) is 0 Å². The second-order valence-corrected chi connectivity index (χ2v) is 8.82. The number of rotatable bonds is 7. The van der Waals surface area contributed by atoms with Crippen molar-refractivity contribution in [2.24, 2.45) is 5.92 Å². The minimum Gasteiger partial charge on any atom is -0.273 e. The molecule has 2 rings (SSSR count). The SMILES string of the molecule is CC(C)Cc1ccc([C@@H](C)C(=O)NS(=O)(=O)Cc2ccc(C#N)cc2)cc1. The molecule has 142 valence electrons. The van der Waals surface area contributed by atoms with Gasteiger partial charge in [-0.25, -0.2) is 8.42 Å². The number of sulfonamides is 1. The lowest BCUT2D eigenvalue weighted by atomic mass is 9.96. The molecular formula is C21H24N2O3S. The second kappa shape index (κ2) is 8.83. The lowest BCUT2D eigenvalue weighted by Crippen LogP contribution is -2.34. The summed E-state index contributed by atoms with van der Waals surface area (Å²) in [5.74, 6) is -0.900. The van der Waals surface area contributed by atoms with E-state index in [1.54, 1.807) is 31.2 Å². The van der Waals surface area contributed by atoms with Crippen LogP contribution < -0.4 is 4.72 Å². The molecule has 2 aromatic rings. The van der Waals surface area contributed by atoms with Gasteiger partial charge < -0.3 is 0 Å². The van der Waals surface area contributed by atoms with Crippen molar-refractivity contribution in [2.75, 3.05) is 0 Å². The Morgan fingerprint density at radius 2 is 1.56 bits per heavy atom. The molecule has 0 saturated heterocycles. The third-order valence-electron chi connectivity index (χ3n) is 4.21. The lowest BCUT2D eigenvalue weighted by Gasteiger charge is -2.14. The van der Waals surface area contributed by atoms with Crippen LogP contribution in [0.4, 0.5) is 0 Å². The van der Waals surface area contributed by atoms with Crippen molar-refractivity contribution in [1.82, 2.24) is 4.72 Å². The number of nitrogens with zero attached hydrogens (tertiary/aromatic N) is 1. The fourth-order valence-electron chi connectivity index (χ4n) is 2.74. The fourth-order valence-corrected chi connectivity index (χ4v) is 3.92. The Labute approximate surface area is 161 Å². The molecule has 27 heavy (non-hydrogen) atoms. The van der Waals surface area contributed by atoms with Crippen LogP contribution in [0.25, 0.3) is 0 Å². The molecule has 0 aromatic heterocycles. The highest BCUT2D eigenvalue weighted by molar-refractivity contribution is 7.89.